The lowest BCUT2D eigenvalue weighted by molar-refractivity contribution is -0.231. The molecular formula is C15H21BO4. The summed E-state index contributed by atoms with van der Waals surface area (Å²) in [5, 5.41) is 18.1. The molecule has 1 saturated carbocycles. The van der Waals surface area contributed by atoms with Crippen LogP contribution in [-0.2, 0) is 15.9 Å². The topological polar surface area (TPSA) is 58.9 Å². The van der Waals surface area contributed by atoms with Crippen LogP contribution in [0.5, 0.6) is 0 Å². The van der Waals surface area contributed by atoms with Gasteiger partial charge in [0.15, 0.2) is 5.79 Å². The minimum Gasteiger partial charge on any atom is -0.423 e. The summed E-state index contributed by atoms with van der Waals surface area (Å²) >= 11 is 0. The molecule has 1 aliphatic carbocycles. The van der Waals surface area contributed by atoms with Crippen molar-refractivity contribution in [1.29, 1.82) is 0 Å². The zero-order chi connectivity index (χ0) is 14.0. The van der Waals surface area contributed by atoms with Crippen molar-refractivity contribution in [3.63, 3.8) is 0 Å². The molecule has 1 aromatic rings. The first-order valence-electron chi connectivity index (χ1n) is 7.40. The zero-order valence-corrected chi connectivity index (χ0v) is 11.6. The van der Waals surface area contributed by atoms with Crippen LogP contribution >= 0.6 is 0 Å². The van der Waals surface area contributed by atoms with Crippen molar-refractivity contribution in [3.05, 3.63) is 29.8 Å². The quantitative estimate of drug-likeness (QED) is 0.782. The van der Waals surface area contributed by atoms with E-state index in [4.69, 9.17) is 19.5 Å². The highest BCUT2D eigenvalue weighted by Crippen LogP contribution is 2.46. The molecule has 0 aromatic heterocycles. The first-order valence-corrected chi connectivity index (χ1v) is 7.40. The van der Waals surface area contributed by atoms with Crippen LogP contribution in [0, 0.1) is 5.92 Å². The number of benzene rings is 1. The molecule has 3 rings (SSSR count). The van der Waals surface area contributed by atoms with Gasteiger partial charge in [-0.2, -0.15) is 0 Å². The van der Waals surface area contributed by atoms with E-state index >= 15 is 0 Å². The number of ether oxygens (including phenoxy) is 2. The fraction of sp³-hybridized carbons (Fsp3) is 0.600. The van der Waals surface area contributed by atoms with Crippen molar-refractivity contribution in [2.75, 3.05) is 13.2 Å². The molecule has 4 nitrogen and oxygen atoms in total. The first-order chi connectivity index (χ1) is 9.67. The van der Waals surface area contributed by atoms with Crippen LogP contribution in [-0.4, -0.2) is 36.2 Å². The third kappa shape index (κ3) is 3.06. The monoisotopic (exact) mass is 276 g/mol. The fourth-order valence-corrected chi connectivity index (χ4v) is 3.21. The molecule has 0 radical (unpaired) electrons. The standard InChI is InChI=1S/C15H21BO4/c17-16(18)14-6-4-12(5-7-14)2-1-3-13-10-15(11-13)19-8-9-20-15/h4-7,13,17-18H,1-3,8-11H2. The first kappa shape index (κ1) is 14.1. The molecule has 1 heterocycles. The van der Waals surface area contributed by atoms with E-state index < -0.39 is 7.12 Å². The van der Waals surface area contributed by atoms with E-state index in [1.54, 1.807) is 12.1 Å². The molecule has 2 fully saturated rings. The summed E-state index contributed by atoms with van der Waals surface area (Å²) in [7, 11) is -1.37. The molecule has 1 spiro atoms. The average Bonchev–Trinajstić information content (AvgIpc) is 2.88. The Morgan fingerprint density at radius 2 is 1.75 bits per heavy atom. The molecule has 2 aliphatic rings. The summed E-state index contributed by atoms with van der Waals surface area (Å²) in [6.45, 7) is 1.49. The van der Waals surface area contributed by atoms with Gasteiger partial charge in [0, 0.05) is 12.8 Å². The van der Waals surface area contributed by atoms with Crippen molar-refractivity contribution < 1.29 is 19.5 Å². The molecule has 0 atom stereocenters. The van der Waals surface area contributed by atoms with Crippen molar-refractivity contribution >= 4 is 12.6 Å². The Morgan fingerprint density at radius 1 is 1.10 bits per heavy atom. The summed E-state index contributed by atoms with van der Waals surface area (Å²) in [6.07, 6.45) is 5.49. The van der Waals surface area contributed by atoms with Gasteiger partial charge in [-0.3, -0.25) is 0 Å². The third-order valence-corrected chi connectivity index (χ3v) is 4.37. The molecule has 0 amide bonds. The van der Waals surface area contributed by atoms with Crippen molar-refractivity contribution in [2.45, 2.75) is 37.9 Å². The molecule has 5 heteroatoms. The van der Waals surface area contributed by atoms with Gasteiger partial charge in [0.2, 0.25) is 0 Å². The predicted octanol–water partition coefficient (Wildman–Crippen LogP) is 0.842. The van der Waals surface area contributed by atoms with Crippen molar-refractivity contribution in [3.8, 4) is 0 Å². The smallest absolute Gasteiger partial charge is 0.423 e. The Morgan fingerprint density at radius 3 is 2.35 bits per heavy atom. The molecule has 108 valence electrons. The van der Waals surface area contributed by atoms with Crippen LogP contribution in [0.4, 0.5) is 0 Å². The van der Waals surface area contributed by atoms with Crippen LogP contribution in [0.3, 0.4) is 0 Å². The second kappa shape index (κ2) is 5.86. The Hall–Kier alpha value is -0.875. The Kier molecular flexibility index (Phi) is 4.12. The van der Waals surface area contributed by atoms with Crippen LogP contribution in [0.2, 0.25) is 0 Å². The summed E-state index contributed by atoms with van der Waals surface area (Å²) in [4.78, 5) is 0. The molecule has 0 bridgehead atoms. The second-order valence-corrected chi connectivity index (χ2v) is 5.89. The second-order valence-electron chi connectivity index (χ2n) is 5.89. The molecule has 20 heavy (non-hydrogen) atoms. The van der Waals surface area contributed by atoms with Crippen molar-refractivity contribution in [1.82, 2.24) is 0 Å². The largest absolute Gasteiger partial charge is 0.488 e. The maximum atomic E-state index is 9.04. The van der Waals surface area contributed by atoms with E-state index in [9.17, 15) is 0 Å². The van der Waals surface area contributed by atoms with Gasteiger partial charge in [0.1, 0.15) is 0 Å². The van der Waals surface area contributed by atoms with Crippen LogP contribution in [0.25, 0.3) is 0 Å². The Bertz CT molecular complexity index is 432. The molecule has 0 unspecified atom stereocenters. The number of aryl methyl sites for hydroxylation is 1. The van der Waals surface area contributed by atoms with E-state index in [-0.39, 0.29) is 5.79 Å². The third-order valence-electron chi connectivity index (χ3n) is 4.37. The van der Waals surface area contributed by atoms with Gasteiger partial charge in [0.05, 0.1) is 13.2 Å². The maximum absolute atomic E-state index is 9.04. The highest BCUT2D eigenvalue weighted by Gasteiger charge is 2.48. The van der Waals surface area contributed by atoms with E-state index in [1.165, 1.54) is 12.0 Å². The van der Waals surface area contributed by atoms with Gasteiger partial charge in [0.25, 0.3) is 0 Å². The lowest BCUT2D eigenvalue weighted by atomic mass is 9.75. The summed E-state index contributed by atoms with van der Waals surface area (Å²) in [5.74, 6) is 0.510. The van der Waals surface area contributed by atoms with Crippen LogP contribution in [0.15, 0.2) is 24.3 Å². The fourth-order valence-electron chi connectivity index (χ4n) is 3.21. The predicted molar refractivity (Wildman–Crippen MR) is 76.6 cm³/mol. The van der Waals surface area contributed by atoms with Gasteiger partial charge in [-0.05, 0) is 36.2 Å². The molecule has 1 saturated heterocycles. The van der Waals surface area contributed by atoms with Gasteiger partial charge < -0.3 is 19.5 Å². The zero-order valence-electron chi connectivity index (χ0n) is 11.6. The Labute approximate surface area is 119 Å². The summed E-state index contributed by atoms with van der Waals surface area (Å²) in [6, 6.07) is 7.50. The Balaban J connectivity index is 1.38. The van der Waals surface area contributed by atoms with E-state index in [0.29, 0.717) is 5.46 Å². The minimum atomic E-state index is -1.37. The summed E-state index contributed by atoms with van der Waals surface area (Å²) < 4.78 is 11.3. The SMILES string of the molecule is OB(O)c1ccc(CCCC2CC3(C2)OCCO3)cc1. The van der Waals surface area contributed by atoms with Gasteiger partial charge in [-0.25, -0.2) is 0 Å². The molecule has 2 N–H and O–H groups in total. The highest BCUT2D eigenvalue weighted by molar-refractivity contribution is 6.58. The lowest BCUT2D eigenvalue weighted by Crippen LogP contribution is -2.44. The summed E-state index contributed by atoms with van der Waals surface area (Å²) in [5.41, 5.74) is 1.79. The maximum Gasteiger partial charge on any atom is 0.488 e. The highest BCUT2D eigenvalue weighted by atomic mass is 16.7. The molecule has 1 aliphatic heterocycles. The van der Waals surface area contributed by atoms with Crippen LogP contribution < -0.4 is 5.46 Å². The average molecular weight is 276 g/mol. The minimum absolute atomic E-state index is 0.219. The normalized spacial score (nSPS) is 21.1. The number of hydrogen-bond acceptors (Lipinski definition) is 4. The van der Waals surface area contributed by atoms with E-state index in [2.05, 4.69) is 0 Å². The van der Waals surface area contributed by atoms with Crippen molar-refractivity contribution in [2.24, 2.45) is 5.92 Å². The van der Waals surface area contributed by atoms with E-state index in [1.807, 2.05) is 12.1 Å². The lowest BCUT2D eigenvalue weighted by Gasteiger charge is -2.43. The van der Waals surface area contributed by atoms with E-state index in [0.717, 1.165) is 44.8 Å². The van der Waals surface area contributed by atoms with Gasteiger partial charge in [-0.1, -0.05) is 24.3 Å². The number of rotatable bonds is 5. The van der Waals surface area contributed by atoms with Gasteiger partial charge >= 0.3 is 7.12 Å². The van der Waals surface area contributed by atoms with Crippen LogP contribution in [0.1, 0.15) is 31.2 Å². The van der Waals surface area contributed by atoms with Gasteiger partial charge in [-0.15, -0.1) is 0 Å². The molecule has 1 aromatic carbocycles. The molecular weight excluding hydrogens is 255 g/mol. The number of hydrogen-bond donors (Lipinski definition) is 2.